The van der Waals surface area contributed by atoms with Crippen molar-refractivity contribution in [2.45, 2.75) is 56.9 Å². The Labute approximate surface area is 142 Å². The second-order valence-corrected chi connectivity index (χ2v) is 6.69. The lowest BCUT2D eigenvalue weighted by atomic mass is 9.79. The van der Waals surface area contributed by atoms with Gasteiger partial charge in [-0.15, -0.1) is 0 Å². The first-order valence-electron chi connectivity index (χ1n) is 8.43. The number of likely N-dealkylation sites (tertiary alicyclic amines) is 1. The molecular weight excluding hydrogens is 310 g/mol. The Hall–Kier alpha value is -1.57. The van der Waals surface area contributed by atoms with E-state index >= 15 is 0 Å². The number of aryl methyl sites for hydroxylation is 1. The molecule has 0 amide bonds. The van der Waals surface area contributed by atoms with E-state index < -0.39 is 5.97 Å². The number of aromatic nitrogens is 2. The van der Waals surface area contributed by atoms with Crippen LogP contribution in [-0.2, 0) is 20.8 Å². The average Bonchev–Trinajstić information content (AvgIpc) is 2.94. The number of carbonyl (C=O) groups is 1. The summed E-state index contributed by atoms with van der Waals surface area (Å²) in [6.45, 7) is 3.42. The number of hydrogen-bond acceptors (Lipinski definition) is 6. The van der Waals surface area contributed by atoms with Crippen LogP contribution >= 0.6 is 0 Å². The number of ether oxygens (including phenoxy) is 2. The smallest absolute Gasteiger partial charge is 0.329 e. The Morgan fingerprint density at radius 3 is 2.92 bits per heavy atom. The summed E-state index contributed by atoms with van der Waals surface area (Å²) in [5.74, 6) is -0.919. The maximum absolute atomic E-state index is 10.8. The van der Waals surface area contributed by atoms with Crippen molar-refractivity contribution < 1.29 is 19.4 Å². The van der Waals surface area contributed by atoms with Crippen LogP contribution in [0.2, 0.25) is 0 Å². The molecule has 3 atom stereocenters. The number of rotatable bonds is 6. The average molecular weight is 335 g/mol. The Morgan fingerprint density at radius 2 is 2.21 bits per heavy atom. The first-order valence-corrected chi connectivity index (χ1v) is 8.43. The molecule has 1 aliphatic heterocycles. The zero-order chi connectivity index (χ0) is 17.2. The lowest BCUT2D eigenvalue weighted by molar-refractivity contribution is -0.148. The first kappa shape index (κ1) is 17.3. The second-order valence-electron chi connectivity index (χ2n) is 6.69. The van der Waals surface area contributed by atoms with Crippen molar-refractivity contribution in [1.82, 2.24) is 14.9 Å². The number of aliphatic carboxylic acids is 1. The van der Waals surface area contributed by atoms with Crippen LogP contribution in [0.25, 0.3) is 0 Å². The molecule has 0 aromatic carbocycles. The van der Waals surface area contributed by atoms with Crippen molar-refractivity contribution in [3.05, 3.63) is 23.8 Å². The molecule has 1 saturated carbocycles. The van der Waals surface area contributed by atoms with Gasteiger partial charge in [0.1, 0.15) is 6.61 Å². The molecule has 0 radical (unpaired) electrons. The van der Waals surface area contributed by atoms with E-state index in [9.17, 15) is 4.79 Å². The molecule has 2 heterocycles. The van der Waals surface area contributed by atoms with Crippen LogP contribution in [0, 0.1) is 6.92 Å². The van der Waals surface area contributed by atoms with Crippen LogP contribution in [0.3, 0.4) is 0 Å². The summed E-state index contributed by atoms with van der Waals surface area (Å²) in [5, 5.41) is 8.83. The molecule has 1 saturated heterocycles. The van der Waals surface area contributed by atoms with Crippen molar-refractivity contribution in [2.75, 3.05) is 20.3 Å². The van der Waals surface area contributed by atoms with Gasteiger partial charge in [-0.2, -0.15) is 0 Å². The zero-order valence-corrected chi connectivity index (χ0v) is 14.3. The molecule has 1 aliphatic carbocycles. The van der Waals surface area contributed by atoms with Crippen LogP contribution in [0.1, 0.15) is 37.1 Å². The van der Waals surface area contributed by atoms with Crippen molar-refractivity contribution in [2.24, 2.45) is 0 Å². The Kier molecular flexibility index (Phi) is 5.12. The SMILES string of the molecule is CO[C@@]12CC[C@H](OCC(=O)O)C[C@@H]1N(Cc1nccnc1C)CC2. The maximum Gasteiger partial charge on any atom is 0.329 e. The van der Waals surface area contributed by atoms with E-state index in [1.54, 1.807) is 19.5 Å². The molecule has 1 N–H and O–H groups in total. The topological polar surface area (TPSA) is 84.8 Å². The molecule has 0 unspecified atom stereocenters. The van der Waals surface area contributed by atoms with Crippen molar-refractivity contribution in [3.8, 4) is 0 Å². The summed E-state index contributed by atoms with van der Waals surface area (Å²) in [6, 6.07) is 0.219. The van der Waals surface area contributed by atoms with Crippen molar-refractivity contribution in [3.63, 3.8) is 0 Å². The number of nitrogens with zero attached hydrogens (tertiary/aromatic N) is 3. The molecule has 0 bridgehead atoms. The number of carboxylic acids is 1. The lowest BCUT2D eigenvalue weighted by Gasteiger charge is -2.43. The van der Waals surface area contributed by atoms with Gasteiger partial charge >= 0.3 is 5.97 Å². The predicted octanol–water partition coefficient (Wildman–Crippen LogP) is 1.40. The Balaban J connectivity index is 1.72. The quantitative estimate of drug-likeness (QED) is 0.841. The molecule has 1 aromatic rings. The van der Waals surface area contributed by atoms with Crippen LogP contribution in [-0.4, -0.2) is 64.0 Å². The lowest BCUT2D eigenvalue weighted by Crippen LogP contribution is -2.51. The van der Waals surface area contributed by atoms with E-state index in [-0.39, 0.29) is 24.4 Å². The Morgan fingerprint density at radius 1 is 1.42 bits per heavy atom. The third kappa shape index (κ3) is 3.43. The fraction of sp³-hybridized carbons (Fsp3) is 0.706. The van der Waals surface area contributed by atoms with Crippen LogP contribution in [0.4, 0.5) is 0 Å². The molecule has 1 aromatic heterocycles. The first-order chi connectivity index (χ1) is 11.5. The van der Waals surface area contributed by atoms with Gasteiger partial charge in [-0.25, -0.2) is 4.79 Å². The largest absolute Gasteiger partial charge is 0.480 e. The van der Waals surface area contributed by atoms with E-state index in [4.69, 9.17) is 14.6 Å². The Bertz CT molecular complexity index is 597. The maximum atomic E-state index is 10.8. The van der Waals surface area contributed by atoms with Crippen molar-refractivity contribution in [1.29, 1.82) is 0 Å². The van der Waals surface area contributed by atoms with E-state index in [1.165, 1.54) is 0 Å². The van der Waals surface area contributed by atoms with Gasteiger partial charge in [0.15, 0.2) is 0 Å². The van der Waals surface area contributed by atoms with E-state index in [0.717, 1.165) is 50.2 Å². The zero-order valence-electron chi connectivity index (χ0n) is 14.3. The minimum absolute atomic E-state index is 0.0297. The van der Waals surface area contributed by atoms with Gasteiger partial charge in [-0.3, -0.25) is 14.9 Å². The summed E-state index contributed by atoms with van der Waals surface area (Å²) in [6.07, 6.45) is 6.92. The summed E-state index contributed by atoms with van der Waals surface area (Å²) in [7, 11) is 1.78. The fourth-order valence-electron chi connectivity index (χ4n) is 4.07. The summed E-state index contributed by atoms with van der Waals surface area (Å²) < 4.78 is 11.5. The number of methoxy groups -OCH3 is 1. The van der Waals surface area contributed by atoms with Crippen molar-refractivity contribution >= 4 is 5.97 Å². The molecule has 2 fully saturated rings. The van der Waals surface area contributed by atoms with E-state index in [1.807, 2.05) is 6.92 Å². The van der Waals surface area contributed by atoms with Gasteiger partial charge in [0.25, 0.3) is 0 Å². The minimum Gasteiger partial charge on any atom is -0.480 e. The molecule has 24 heavy (non-hydrogen) atoms. The van der Waals surface area contributed by atoms with Gasteiger partial charge in [-0.1, -0.05) is 0 Å². The van der Waals surface area contributed by atoms with Crippen LogP contribution in [0.5, 0.6) is 0 Å². The van der Waals surface area contributed by atoms with Crippen LogP contribution < -0.4 is 0 Å². The molecule has 7 nitrogen and oxygen atoms in total. The number of carboxylic acid groups (broad SMARTS) is 1. The summed E-state index contributed by atoms with van der Waals surface area (Å²) in [5.41, 5.74) is 1.78. The molecular formula is C17H25N3O4. The van der Waals surface area contributed by atoms with Crippen LogP contribution in [0.15, 0.2) is 12.4 Å². The highest BCUT2D eigenvalue weighted by atomic mass is 16.5. The summed E-state index contributed by atoms with van der Waals surface area (Å²) in [4.78, 5) is 21.9. The minimum atomic E-state index is -0.919. The highest BCUT2D eigenvalue weighted by Gasteiger charge is 2.51. The van der Waals surface area contributed by atoms with E-state index in [0.29, 0.717) is 0 Å². The van der Waals surface area contributed by atoms with Gasteiger partial charge in [0.2, 0.25) is 0 Å². The summed E-state index contributed by atoms with van der Waals surface area (Å²) >= 11 is 0. The van der Waals surface area contributed by atoms with Gasteiger partial charge < -0.3 is 14.6 Å². The van der Waals surface area contributed by atoms with Gasteiger partial charge in [0.05, 0.1) is 23.1 Å². The van der Waals surface area contributed by atoms with Gasteiger partial charge in [0, 0.05) is 38.6 Å². The molecule has 132 valence electrons. The third-order valence-electron chi connectivity index (χ3n) is 5.43. The third-order valence-corrected chi connectivity index (χ3v) is 5.43. The highest BCUT2D eigenvalue weighted by Crippen LogP contribution is 2.43. The molecule has 3 rings (SSSR count). The fourth-order valence-corrected chi connectivity index (χ4v) is 4.07. The monoisotopic (exact) mass is 335 g/mol. The number of fused-ring (bicyclic) bond motifs is 1. The molecule has 7 heteroatoms. The second kappa shape index (κ2) is 7.13. The standard InChI is InChI=1S/C17H25N3O4/c1-12-14(19-7-6-18-12)10-20-8-5-17(23-2)4-3-13(9-15(17)20)24-11-16(21)22/h6-7,13,15H,3-5,8-11H2,1-2H3,(H,21,22)/t13-,15-,17+/m0/s1. The highest BCUT2D eigenvalue weighted by molar-refractivity contribution is 5.68. The number of hydrogen-bond donors (Lipinski definition) is 1. The van der Waals surface area contributed by atoms with E-state index in [2.05, 4.69) is 14.9 Å². The predicted molar refractivity (Wildman–Crippen MR) is 86.6 cm³/mol. The molecule has 0 spiro atoms. The normalized spacial score (nSPS) is 30.2. The van der Waals surface area contributed by atoms with Gasteiger partial charge in [-0.05, 0) is 32.6 Å². The molecule has 2 aliphatic rings.